The van der Waals surface area contributed by atoms with Crippen molar-refractivity contribution in [1.29, 1.82) is 0 Å². The molecule has 0 aliphatic heterocycles. The Labute approximate surface area is 121 Å². The van der Waals surface area contributed by atoms with E-state index in [1.807, 2.05) is 13.2 Å². The van der Waals surface area contributed by atoms with E-state index in [0.717, 1.165) is 12.2 Å². The summed E-state index contributed by atoms with van der Waals surface area (Å²) in [5.74, 6) is 0.752. The first-order valence-corrected chi connectivity index (χ1v) is 9.14. The minimum Gasteiger partial charge on any atom is -0.399 e. The summed E-state index contributed by atoms with van der Waals surface area (Å²) in [6, 6.07) is 4.61. The predicted octanol–water partition coefficient (Wildman–Crippen LogP) is 2.45. The predicted molar refractivity (Wildman–Crippen MR) is 81.3 cm³/mol. The number of nitrogens with two attached hydrogens (primary N) is 1. The lowest BCUT2D eigenvalue weighted by molar-refractivity contribution is 0.558. The van der Waals surface area contributed by atoms with Crippen LogP contribution in [0, 0.1) is 0 Å². The van der Waals surface area contributed by atoms with Crippen molar-refractivity contribution in [3.63, 3.8) is 0 Å². The highest BCUT2D eigenvalue weighted by atomic mass is 79.9. The summed E-state index contributed by atoms with van der Waals surface area (Å²) in [6.45, 7) is 1.96. The minimum absolute atomic E-state index is 0.0607. The van der Waals surface area contributed by atoms with Gasteiger partial charge in [0.05, 0.1) is 4.90 Å². The van der Waals surface area contributed by atoms with Crippen molar-refractivity contribution < 1.29 is 8.42 Å². The SMILES string of the molecule is CCC(CSC)NS(=O)(=O)c1ccc(N)cc1Br. The Morgan fingerprint density at radius 2 is 2.17 bits per heavy atom. The van der Waals surface area contributed by atoms with Gasteiger partial charge in [-0.1, -0.05) is 6.92 Å². The van der Waals surface area contributed by atoms with Crippen molar-refractivity contribution >= 4 is 43.4 Å². The van der Waals surface area contributed by atoms with Crippen LogP contribution in [0.4, 0.5) is 5.69 Å². The van der Waals surface area contributed by atoms with Gasteiger partial charge in [-0.3, -0.25) is 0 Å². The topological polar surface area (TPSA) is 72.2 Å². The molecule has 1 rings (SSSR count). The molecule has 4 nitrogen and oxygen atoms in total. The number of nitrogens with one attached hydrogen (secondary N) is 1. The van der Waals surface area contributed by atoms with Crippen molar-refractivity contribution in [2.45, 2.75) is 24.3 Å². The maximum atomic E-state index is 12.2. The Kier molecular flexibility index (Phi) is 5.97. The number of anilines is 1. The van der Waals surface area contributed by atoms with Crippen molar-refractivity contribution in [2.75, 3.05) is 17.7 Å². The van der Waals surface area contributed by atoms with Gasteiger partial charge in [-0.2, -0.15) is 11.8 Å². The van der Waals surface area contributed by atoms with Crippen molar-refractivity contribution in [3.05, 3.63) is 22.7 Å². The van der Waals surface area contributed by atoms with Gasteiger partial charge in [0.2, 0.25) is 10.0 Å². The second-order valence-corrected chi connectivity index (χ2v) is 7.32. The minimum atomic E-state index is -3.51. The molecule has 0 heterocycles. The number of sulfonamides is 1. The molecule has 1 unspecified atom stereocenters. The molecule has 1 aromatic rings. The second-order valence-electron chi connectivity index (χ2n) is 3.87. The fourth-order valence-electron chi connectivity index (χ4n) is 1.45. The smallest absolute Gasteiger partial charge is 0.241 e. The molecule has 1 atom stereocenters. The molecule has 1 aromatic carbocycles. The lowest BCUT2D eigenvalue weighted by Gasteiger charge is -2.16. The van der Waals surface area contributed by atoms with Gasteiger partial charge in [-0.15, -0.1) is 0 Å². The number of nitrogen functional groups attached to an aromatic ring is 1. The van der Waals surface area contributed by atoms with Crippen LogP contribution in [-0.2, 0) is 10.0 Å². The third-order valence-corrected chi connectivity index (χ3v) is 5.66. The first-order chi connectivity index (χ1) is 8.40. The molecule has 0 bridgehead atoms. The first kappa shape index (κ1) is 15.8. The average Bonchev–Trinajstić information content (AvgIpc) is 2.27. The number of rotatable bonds is 6. The number of thioether (sulfide) groups is 1. The van der Waals surface area contributed by atoms with Crippen LogP contribution in [-0.4, -0.2) is 26.5 Å². The highest BCUT2D eigenvalue weighted by Crippen LogP contribution is 2.24. The molecule has 0 amide bonds. The van der Waals surface area contributed by atoms with Gasteiger partial charge in [-0.25, -0.2) is 13.1 Å². The highest BCUT2D eigenvalue weighted by molar-refractivity contribution is 9.10. The Morgan fingerprint density at radius 3 is 2.67 bits per heavy atom. The van der Waals surface area contributed by atoms with Gasteiger partial charge in [0.1, 0.15) is 0 Å². The molecule has 0 radical (unpaired) electrons. The zero-order valence-corrected chi connectivity index (χ0v) is 13.5. The van der Waals surface area contributed by atoms with E-state index in [1.165, 1.54) is 6.07 Å². The molecule has 0 aliphatic carbocycles. The molecular weight excluding hydrogens is 336 g/mol. The molecule has 0 fully saturated rings. The third-order valence-electron chi connectivity index (χ3n) is 2.43. The normalized spacial score (nSPS) is 13.5. The molecule has 3 N–H and O–H groups in total. The van der Waals surface area contributed by atoms with E-state index in [4.69, 9.17) is 5.73 Å². The fraction of sp³-hybridized carbons (Fsp3) is 0.455. The van der Waals surface area contributed by atoms with Gasteiger partial charge in [0.25, 0.3) is 0 Å². The molecular formula is C11H17BrN2O2S2. The third kappa shape index (κ3) is 4.15. The number of benzene rings is 1. The summed E-state index contributed by atoms with van der Waals surface area (Å²) >= 11 is 4.85. The van der Waals surface area contributed by atoms with E-state index in [-0.39, 0.29) is 10.9 Å². The monoisotopic (exact) mass is 352 g/mol. The largest absolute Gasteiger partial charge is 0.399 e. The molecule has 0 aliphatic rings. The van der Waals surface area contributed by atoms with Gasteiger partial charge in [0, 0.05) is 22.0 Å². The van der Waals surface area contributed by atoms with Gasteiger partial charge < -0.3 is 5.73 Å². The van der Waals surface area contributed by atoms with Gasteiger partial charge >= 0.3 is 0 Å². The highest BCUT2D eigenvalue weighted by Gasteiger charge is 2.21. The van der Waals surface area contributed by atoms with E-state index in [2.05, 4.69) is 20.7 Å². The average molecular weight is 353 g/mol. The molecule has 102 valence electrons. The maximum absolute atomic E-state index is 12.2. The Hall–Kier alpha value is -0.240. The van der Waals surface area contributed by atoms with Gasteiger partial charge in [0.15, 0.2) is 0 Å². The van der Waals surface area contributed by atoms with Crippen LogP contribution in [0.5, 0.6) is 0 Å². The second kappa shape index (κ2) is 6.79. The van der Waals surface area contributed by atoms with Crippen LogP contribution < -0.4 is 10.5 Å². The lowest BCUT2D eigenvalue weighted by Crippen LogP contribution is -2.36. The van der Waals surface area contributed by atoms with Gasteiger partial charge in [-0.05, 0) is 46.8 Å². The molecule has 0 spiro atoms. The van der Waals surface area contributed by atoms with Crippen LogP contribution in [0.2, 0.25) is 0 Å². The molecule has 7 heteroatoms. The summed E-state index contributed by atoms with van der Waals surface area (Å²) in [4.78, 5) is 0.219. The summed E-state index contributed by atoms with van der Waals surface area (Å²) in [6.07, 6.45) is 2.71. The number of hydrogen-bond acceptors (Lipinski definition) is 4. The number of halogens is 1. The standard InChI is InChI=1S/C11H17BrN2O2S2/c1-3-9(7-17-2)14-18(15,16)11-5-4-8(13)6-10(11)12/h4-6,9,14H,3,7,13H2,1-2H3. The fourth-order valence-corrected chi connectivity index (χ4v) is 4.70. The molecule has 0 aromatic heterocycles. The van der Waals surface area contributed by atoms with Crippen LogP contribution in [0.15, 0.2) is 27.6 Å². The number of hydrogen-bond donors (Lipinski definition) is 2. The van der Waals surface area contributed by atoms with Crippen LogP contribution in [0.1, 0.15) is 13.3 Å². The van der Waals surface area contributed by atoms with E-state index in [9.17, 15) is 8.42 Å². The zero-order chi connectivity index (χ0) is 13.8. The summed E-state index contributed by atoms with van der Waals surface area (Å²) in [7, 11) is -3.51. The van der Waals surface area contributed by atoms with Crippen molar-refractivity contribution in [3.8, 4) is 0 Å². The molecule has 0 saturated heterocycles. The van der Waals surface area contributed by atoms with Crippen molar-refractivity contribution in [1.82, 2.24) is 4.72 Å². The summed E-state index contributed by atoms with van der Waals surface area (Å²) < 4.78 is 27.6. The lowest BCUT2D eigenvalue weighted by atomic mass is 10.3. The zero-order valence-electron chi connectivity index (χ0n) is 10.3. The quantitative estimate of drug-likeness (QED) is 0.771. The van der Waals surface area contributed by atoms with Crippen LogP contribution >= 0.6 is 27.7 Å². The van der Waals surface area contributed by atoms with E-state index >= 15 is 0 Å². The van der Waals surface area contributed by atoms with Crippen LogP contribution in [0.25, 0.3) is 0 Å². The van der Waals surface area contributed by atoms with E-state index in [1.54, 1.807) is 23.9 Å². The Morgan fingerprint density at radius 1 is 1.50 bits per heavy atom. The van der Waals surface area contributed by atoms with E-state index in [0.29, 0.717) is 10.2 Å². The summed E-state index contributed by atoms with van der Waals surface area (Å²) in [5.41, 5.74) is 6.12. The summed E-state index contributed by atoms with van der Waals surface area (Å²) in [5, 5.41) is 0. The first-order valence-electron chi connectivity index (χ1n) is 5.47. The van der Waals surface area contributed by atoms with Crippen molar-refractivity contribution in [2.24, 2.45) is 0 Å². The Balaban J connectivity index is 2.99. The molecule has 0 saturated carbocycles. The van der Waals surface area contributed by atoms with E-state index < -0.39 is 10.0 Å². The maximum Gasteiger partial charge on any atom is 0.241 e. The Bertz CT molecular complexity index is 506. The van der Waals surface area contributed by atoms with Crippen LogP contribution in [0.3, 0.4) is 0 Å². The molecule has 18 heavy (non-hydrogen) atoms.